The Labute approximate surface area is 106 Å². The van der Waals surface area contributed by atoms with E-state index >= 15 is 0 Å². The zero-order chi connectivity index (χ0) is 12.6. The average Bonchev–Trinajstić information content (AvgIpc) is 2.39. The second kappa shape index (κ2) is 4.09. The Balaban J connectivity index is 2.19. The Morgan fingerprint density at radius 1 is 1.28 bits per heavy atom. The lowest BCUT2D eigenvalue weighted by Gasteiger charge is -2.34. The molecule has 0 bridgehead atoms. The van der Waals surface area contributed by atoms with Gasteiger partial charge in [0.15, 0.2) is 0 Å². The van der Waals surface area contributed by atoms with Crippen LogP contribution in [0, 0.1) is 0 Å². The molecule has 3 nitrogen and oxygen atoms in total. The van der Waals surface area contributed by atoms with Gasteiger partial charge in [-0.15, -0.1) is 0 Å². The molecule has 0 saturated carbocycles. The molecule has 92 valence electrons. The van der Waals surface area contributed by atoms with Gasteiger partial charge in [0.25, 0.3) is 0 Å². The summed E-state index contributed by atoms with van der Waals surface area (Å²) in [5.74, 6) is 0. The van der Waals surface area contributed by atoms with Gasteiger partial charge in [0.05, 0.1) is 11.1 Å². The van der Waals surface area contributed by atoms with E-state index in [1.807, 2.05) is 24.4 Å². The minimum atomic E-state index is -0.171. The van der Waals surface area contributed by atoms with Gasteiger partial charge in [-0.3, -0.25) is 9.78 Å². The van der Waals surface area contributed by atoms with Gasteiger partial charge in [-0.2, -0.15) is 0 Å². The highest BCUT2D eigenvalue weighted by Crippen LogP contribution is 2.39. The summed E-state index contributed by atoms with van der Waals surface area (Å²) < 4.78 is 0. The van der Waals surface area contributed by atoms with Crippen molar-refractivity contribution in [1.29, 1.82) is 0 Å². The molecule has 18 heavy (non-hydrogen) atoms. The van der Waals surface area contributed by atoms with Crippen molar-refractivity contribution in [2.75, 3.05) is 0 Å². The first-order valence-corrected chi connectivity index (χ1v) is 6.34. The first-order chi connectivity index (χ1) is 8.70. The molecule has 2 aromatic rings. The predicted octanol–water partition coefficient (Wildman–Crippen LogP) is 2.41. The fourth-order valence-electron chi connectivity index (χ4n) is 2.92. The largest absolute Gasteiger partial charge is 0.325 e. The van der Waals surface area contributed by atoms with Crippen LogP contribution in [0.4, 0.5) is 0 Å². The van der Waals surface area contributed by atoms with Crippen molar-refractivity contribution in [3.8, 4) is 0 Å². The maximum absolute atomic E-state index is 11.5. The maximum atomic E-state index is 11.5. The molecule has 3 heteroatoms. The van der Waals surface area contributed by atoms with Crippen LogP contribution in [0.2, 0.25) is 0 Å². The summed E-state index contributed by atoms with van der Waals surface area (Å²) in [5, 5.41) is 0. The topological polar surface area (TPSA) is 45.8 Å². The Bertz CT molecular complexity index is 632. The van der Waals surface area contributed by atoms with Crippen LogP contribution >= 0.6 is 0 Å². The predicted molar refractivity (Wildman–Crippen MR) is 70.7 cm³/mol. The highest BCUT2D eigenvalue weighted by atomic mass is 16.1. The van der Waals surface area contributed by atoms with Gasteiger partial charge in [0, 0.05) is 18.0 Å². The molecule has 0 aromatic carbocycles. The molecule has 0 aliphatic heterocycles. The summed E-state index contributed by atoms with van der Waals surface area (Å²) in [7, 11) is 0. The standard InChI is InChI=1S/C15H16N2O/c1-15(12-7-2-8-13(18)17-12)9-3-5-11-6-4-10-16-14(11)15/h2,4,6-8,10H,3,5,9H2,1H3,(H,17,18). The Kier molecular flexibility index (Phi) is 2.54. The van der Waals surface area contributed by atoms with E-state index < -0.39 is 0 Å². The average molecular weight is 240 g/mol. The van der Waals surface area contributed by atoms with Crippen LogP contribution in [0.5, 0.6) is 0 Å². The molecular formula is C15H16N2O. The summed E-state index contributed by atoms with van der Waals surface area (Å²) in [4.78, 5) is 19.0. The number of fused-ring (bicyclic) bond motifs is 1. The smallest absolute Gasteiger partial charge is 0.248 e. The number of hydrogen-bond acceptors (Lipinski definition) is 2. The number of aromatic nitrogens is 2. The molecule has 0 spiro atoms. The van der Waals surface area contributed by atoms with E-state index in [9.17, 15) is 4.79 Å². The number of rotatable bonds is 1. The number of hydrogen-bond donors (Lipinski definition) is 1. The SMILES string of the molecule is CC1(c2cccc(=O)[nH]2)CCCc2cccnc21. The monoisotopic (exact) mass is 240 g/mol. The summed E-state index contributed by atoms with van der Waals surface area (Å²) >= 11 is 0. The van der Waals surface area contributed by atoms with Gasteiger partial charge < -0.3 is 4.98 Å². The quantitative estimate of drug-likeness (QED) is 0.832. The molecule has 2 heterocycles. The van der Waals surface area contributed by atoms with Crippen LogP contribution in [-0.4, -0.2) is 9.97 Å². The Hall–Kier alpha value is -1.90. The minimum Gasteiger partial charge on any atom is -0.325 e. The molecule has 3 rings (SSSR count). The van der Waals surface area contributed by atoms with Crippen molar-refractivity contribution in [2.24, 2.45) is 0 Å². The zero-order valence-corrected chi connectivity index (χ0v) is 10.4. The molecular weight excluding hydrogens is 224 g/mol. The molecule has 1 aliphatic rings. The van der Waals surface area contributed by atoms with Crippen LogP contribution in [0.15, 0.2) is 41.3 Å². The minimum absolute atomic E-state index is 0.0446. The second-order valence-electron chi connectivity index (χ2n) is 5.13. The summed E-state index contributed by atoms with van der Waals surface area (Å²) in [6.07, 6.45) is 5.07. The van der Waals surface area contributed by atoms with Crippen molar-refractivity contribution < 1.29 is 0 Å². The van der Waals surface area contributed by atoms with Crippen LogP contribution in [0.3, 0.4) is 0 Å². The van der Waals surface area contributed by atoms with Gasteiger partial charge in [-0.25, -0.2) is 0 Å². The van der Waals surface area contributed by atoms with Gasteiger partial charge in [0.2, 0.25) is 5.56 Å². The zero-order valence-electron chi connectivity index (χ0n) is 10.4. The van der Waals surface area contributed by atoms with Crippen LogP contribution in [-0.2, 0) is 11.8 Å². The van der Waals surface area contributed by atoms with Crippen LogP contribution < -0.4 is 5.56 Å². The van der Waals surface area contributed by atoms with E-state index in [1.54, 1.807) is 6.07 Å². The molecule has 1 atom stereocenters. The molecule has 0 radical (unpaired) electrons. The van der Waals surface area contributed by atoms with Crippen molar-refractivity contribution in [3.63, 3.8) is 0 Å². The fourth-order valence-corrected chi connectivity index (χ4v) is 2.92. The van der Waals surface area contributed by atoms with Gasteiger partial charge in [-0.1, -0.05) is 12.1 Å². The lowest BCUT2D eigenvalue weighted by atomic mass is 9.72. The van der Waals surface area contributed by atoms with Gasteiger partial charge in [-0.05, 0) is 43.9 Å². The van der Waals surface area contributed by atoms with E-state index in [4.69, 9.17) is 0 Å². The lowest BCUT2D eigenvalue weighted by molar-refractivity contribution is 0.439. The number of nitrogens with one attached hydrogen (secondary N) is 1. The molecule has 0 fully saturated rings. The molecule has 2 aromatic heterocycles. The Morgan fingerprint density at radius 2 is 2.17 bits per heavy atom. The molecule has 1 N–H and O–H groups in total. The van der Waals surface area contributed by atoms with Crippen molar-refractivity contribution in [2.45, 2.75) is 31.6 Å². The van der Waals surface area contributed by atoms with Gasteiger partial charge in [0.1, 0.15) is 0 Å². The van der Waals surface area contributed by atoms with Crippen LogP contribution in [0.25, 0.3) is 0 Å². The maximum Gasteiger partial charge on any atom is 0.248 e. The number of aryl methyl sites for hydroxylation is 1. The second-order valence-corrected chi connectivity index (χ2v) is 5.13. The molecule has 0 saturated heterocycles. The number of aromatic amines is 1. The highest BCUT2D eigenvalue weighted by molar-refractivity contribution is 5.37. The Morgan fingerprint density at radius 3 is 3.00 bits per heavy atom. The third kappa shape index (κ3) is 1.67. The third-order valence-corrected chi connectivity index (χ3v) is 3.90. The summed E-state index contributed by atoms with van der Waals surface area (Å²) in [6, 6.07) is 9.48. The van der Waals surface area contributed by atoms with Crippen molar-refractivity contribution in [1.82, 2.24) is 9.97 Å². The van der Waals surface area contributed by atoms with E-state index in [-0.39, 0.29) is 11.0 Å². The molecule has 1 unspecified atom stereocenters. The van der Waals surface area contributed by atoms with Gasteiger partial charge >= 0.3 is 0 Å². The van der Waals surface area contributed by atoms with E-state index in [0.29, 0.717) is 0 Å². The lowest BCUT2D eigenvalue weighted by Crippen LogP contribution is -2.32. The van der Waals surface area contributed by atoms with Crippen molar-refractivity contribution >= 4 is 0 Å². The summed E-state index contributed by atoms with van der Waals surface area (Å²) in [6.45, 7) is 2.17. The van der Waals surface area contributed by atoms with E-state index in [1.165, 1.54) is 5.56 Å². The third-order valence-electron chi connectivity index (χ3n) is 3.90. The molecule has 1 aliphatic carbocycles. The first-order valence-electron chi connectivity index (χ1n) is 6.34. The fraction of sp³-hybridized carbons (Fsp3) is 0.333. The van der Waals surface area contributed by atoms with E-state index in [2.05, 4.69) is 23.0 Å². The van der Waals surface area contributed by atoms with Crippen LogP contribution in [0.1, 0.15) is 36.7 Å². The number of H-pyrrole nitrogens is 1. The van der Waals surface area contributed by atoms with E-state index in [0.717, 1.165) is 30.7 Å². The number of pyridine rings is 2. The first kappa shape index (κ1) is 11.2. The highest BCUT2D eigenvalue weighted by Gasteiger charge is 2.35. The normalized spacial score (nSPS) is 22.5. The summed E-state index contributed by atoms with van der Waals surface area (Å²) in [5.41, 5.74) is 3.16. The number of nitrogens with zero attached hydrogens (tertiary/aromatic N) is 1. The van der Waals surface area contributed by atoms with Crippen molar-refractivity contribution in [3.05, 3.63) is 63.8 Å². The molecule has 0 amide bonds.